The van der Waals surface area contributed by atoms with Gasteiger partial charge < -0.3 is 20.3 Å². The van der Waals surface area contributed by atoms with E-state index in [2.05, 4.69) is 10.5 Å². The number of hydrazone groups is 1. The molecule has 2 rings (SSSR count). The van der Waals surface area contributed by atoms with E-state index < -0.39 is 0 Å². The number of hydrogen-bond donors (Lipinski definition) is 3. The van der Waals surface area contributed by atoms with Gasteiger partial charge in [0.15, 0.2) is 11.5 Å². The van der Waals surface area contributed by atoms with Gasteiger partial charge in [0.05, 0.1) is 20.4 Å². The fourth-order valence-corrected chi connectivity index (χ4v) is 2.01. The molecule has 0 heterocycles. The molecule has 4 N–H and O–H groups in total. The minimum atomic E-state index is -0.340. The number of phenolic OH excluding ortho intramolecular Hbond substituents is 1. The Balaban J connectivity index is 2.09. The second-order valence-electron chi connectivity index (χ2n) is 4.87. The number of nitrogens with one attached hydrogen (secondary N) is 1. The molecule has 0 aliphatic heterocycles. The molecule has 0 unspecified atom stereocenters. The molecule has 0 saturated carbocycles. The maximum absolute atomic E-state index is 12.0. The highest BCUT2D eigenvalue weighted by atomic mass is 16.5. The number of nitrogens with two attached hydrogens (primary N) is 1. The molecule has 126 valence electrons. The molecule has 0 aliphatic rings. The first-order valence-electron chi connectivity index (χ1n) is 7.16. The Kier molecular flexibility index (Phi) is 5.75. The van der Waals surface area contributed by atoms with Crippen molar-refractivity contribution in [3.63, 3.8) is 0 Å². The van der Waals surface area contributed by atoms with E-state index in [1.54, 1.807) is 36.4 Å². The standard InChI is InChI=1S/C17H19N3O4/c1-23-14-7-12(8-15(24-2)16(14)21)10-19-20-17(22)13-5-3-11(9-18)4-6-13/h3-8,10,21H,9,18H2,1-2H3,(H,20,22)/b19-10+. The normalized spacial score (nSPS) is 10.6. The van der Waals surface area contributed by atoms with Crippen LogP contribution in [0, 0.1) is 0 Å². The smallest absolute Gasteiger partial charge is 0.271 e. The molecule has 0 radical (unpaired) electrons. The molecule has 24 heavy (non-hydrogen) atoms. The van der Waals surface area contributed by atoms with E-state index in [1.807, 2.05) is 0 Å². The van der Waals surface area contributed by atoms with Crippen molar-refractivity contribution in [1.29, 1.82) is 0 Å². The summed E-state index contributed by atoms with van der Waals surface area (Å²) in [6.45, 7) is 0.421. The summed E-state index contributed by atoms with van der Waals surface area (Å²) >= 11 is 0. The molecule has 0 aliphatic carbocycles. The van der Waals surface area contributed by atoms with Gasteiger partial charge in [-0.2, -0.15) is 5.10 Å². The first-order valence-corrected chi connectivity index (χ1v) is 7.16. The third kappa shape index (κ3) is 4.02. The summed E-state index contributed by atoms with van der Waals surface area (Å²) in [4.78, 5) is 12.0. The lowest BCUT2D eigenvalue weighted by Gasteiger charge is -2.09. The molecular weight excluding hydrogens is 310 g/mol. The van der Waals surface area contributed by atoms with Crippen LogP contribution in [0.2, 0.25) is 0 Å². The van der Waals surface area contributed by atoms with Gasteiger partial charge >= 0.3 is 0 Å². The van der Waals surface area contributed by atoms with Crippen LogP contribution in [-0.2, 0) is 6.54 Å². The van der Waals surface area contributed by atoms with Gasteiger partial charge in [0, 0.05) is 17.7 Å². The lowest BCUT2D eigenvalue weighted by Crippen LogP contribution is -2.17. The minimum Gasteiger partial charge on any atom is -0.502 e. The number of carbonyl (C=O) groups is 1. The van der Waals surface area contributed by atoms with E-state index in [-0.39, 0.29) is 23.2 Å². The van der Waals surface area contributed by atoms with E-state index >= 15 is 0 Å². The molecule has 0 fully saturated rings. The molecule has 0 bridgehead atoms. The van der Waals surface area contributed by atoms with Crippen molar-refractivity contribution >= 4 is 12.1 Å². The fourth-order valence-electron chi connectivity index (χ4n) is 2.01. The average molecular weight is 329 g/mol. The number of hydrogen-bond acceptors (Lipinski definition) is 6. The zero-order chi connectivity index (χ0) is 17.5. The third-order valence-corrected chi connectivity index (χ3v) is 3.33. The van der Waals surface area contributed by atoms with Gasteiger partial charge in [-0.3, -0.25) is 4.79 Å². The Labute approximate surface area is 139 Å². The zero-order valence-corrected chi connectivity index (χ0v) is 13.4. The minimum absolute atomic E-state index is 0.0961. The van der Waals surface area contributed by atoms with Crippen molar-refractivity contribution in [1.82, 2.24) is 5.43 Å². The Morgan fingerprint density at radius 3 is 2.29 bits per heavy atom. The highest BCUT2D eigenvalue weighted by Gasteiger charge is 2.10. The maximum atomic E-state index is 12.0. The predicted octanol–water partition coefficient (Wildman–Crippen LogP) is 1.63. The highest BCUT2D eigenvalue weighted by Crippen LogP contribution is 2.36. The molecule has 1 amide bonds. The Hall–Kier alpha value is -3.06. The summed E-state index contributed by atoms with van der Waals surface area (Å²) in [5.74, 6) is 0.0627. The Morgan fingerprint density at radius 2 is 1.79 bits per heavy atom. The van der Waals surface area contributed by atoms with Crippen molar-refractivity contribution < 1.29 is 19.4 Å². The van der Waals surface area contributed by atoms with Crippen LogP contribution >= 0.6 is 0 Å². The summed E-state index contributed by atoms with van der Waals surface area (Å²) in [5.41, 5.74) is 9.96. The summed E-state index contributed by atoms with van der Waals surface area (Å²) in [6.07, 6.45) is 1.43. The van der Waals surface area contributed by atoms with Gasteiger partial charge in [-0.15, -0.1) is 0 Å². The summed E-state index contributed by atoms with van der Waals surface area (Å²) in [5, 5.41) is 13.7. The number of phenols is 1. The van der Waals surface area contributed by atoms with Gasteiger partial charge in [-0.1, -0.05) is 12.1 Å². The predicted molar refractivity (Wildman–Crippen MR) is 90.6 cm³/mol. The number of amides is 1. The molecule has 0 saturated heterocycles. The number of aromatic hydroxyl groups is 1. The van der Waals surface area contributed by atoms with Crippen molar-refractivity contribution in [2.75, 3.05) is 14.2 Å². The van der Waals surface area contributed by atoms with Crippen LogP contribution < -0.4 is 20.6 Å². The third-order valence-electron chi connectivity index (χ3n) is 3.33. The van der Waals surface area contributed by atoms with E-state index in [9.17, 15) is 9.90 Å². The van der Waals surface area contributed by atoms with E-state index in [0.717, 1.165) is 5.56 Å². The molecule has 0 aromatic heterocycles. The van der Waals surface area contributed by atoms with Gasteiger partial charge in [-0.05, 0) is 29.8 Å². The van der Waals surface area contributed by atoms with Crippen molar-refractivity contribution in [2.45, 2.75) is 6.54 Å². The summed E-state index contributed by atoms with van der Waals surface area (Å²) < 4.78 is 10.1. The number of methoxy groups -OCH3 is 2. The first kappa shape index (κ1) is 17.3. The number of carbonyl (C=O) groups excluding carboxylic acids is 1. The van der Waals surface area contributed by atoms with Gasteiger partial charge in [0.25, 0.3) is 5.91 Å². The second-order valence-corrected chi connectivity index (χ2v) is 4.87. The van der Waals surface area contributed by atoms with Crippen LogP contribution in [0.3, 0.4) is 0 Å². The topological polar surface area (TPSA) is 106 Å². The van der Waals surface area contributed by atoms with E-state index in [0.29, 0.717) is 17.7 Å². The fraction of sp³-hybridized carbons (Fsp3) is 0.176. The largest absolute Gasteiger partial charge is 0.502 e. The van der Waals surface area contributed by atoms with Gasteiger partial charge in [0.1, 0.15) is 0 Å². The summed E-state index contributed by atoms with van der Waals surface area (Å²) in [6, 6.07) is 10.1. The van der Waals surface area contributed by atoms with Crippen LogP contribution in [0.25, 0.3) is 0 Å². The van der Waals surface area contributed by atoms with Crippen LogP contribution in [0.1, 0.15) is 21.5 Å². The van der Waals surface area contributed by atoms with Gasteiger partial charge in [0.2, 0.25) is 5.75 Å². The van der Waals surface area contributed by atoms with E-state index in [4.69, 9.17) is 15.2 Å². The second kappa shape index (κ2) is 7.98. The van der Waals surface area contributed by atoms with Crippen LogP contribution in [0.5, 0.6) is 17.2 Å². The first-order chi connectivity index (χ1) is 11.6. The lowest BCUT2D eigenvalue weighted by atomic mass is 10.1. The van der Waals surface area contributed by atoms with E-state index in [1.165, 1.54) is 20.4 Å². The van der Waals surface area contributed by atoms with Crippen LogP contribution in [0.4, 0.5) is 0 Å². The monoisotopic (exact) mass is 329 g/mol. The quantitative estimate of drug-likeness (QED) is 0.552. The lowest BCUT2D eigenvalue weighted by molar-refractivity contribution is 0.0955. The average Bonchev–Trinajstić information content (AvgIpc) is 2.62. The van der Waals surface area contributed by atoms with Crippen LogP contribution in [0.15, 0.2) is 41.5 Å². The molecule has 0 atom stereocenters. The Bertz CT molecular complexity index is 717. The molecule has 7 heteroatoms. The number of rotatable bonds is 6. The number of benzene rings is 2. The van der Waals surface area contributed by atoms with Crippen molar-refractivity contribution in [3.8, 4) is 17.2 Å². The Morgan fingerprint density at radius 1 is 1.21 bits per heavy atom. The molecule has 0 spiro atoms. The summed E-state index contributed by atoms with van der Waals surface area (Å²) in [7, 11) is 2.87. The molecular formula is C17H19N3O4. The number of ether oxygens (including phenoxy) is 2. The number of nitrogens with zero attached hydrogens (tertiary/aromatic N) is 1. The molecule has 2 aromatic rings. The van der Waals surface area contributed by atoms with Gasteiger partial charge in [-0.25, -0.2) is 5.43 Å². The molecule has 7 nitrogen and oxygen atoms in total. The zero-order valence-electron chi connectivity index (χ0n) is 13.4. The highest BCUT2D eigenvalue weighted by molar-refractivity contribution is 5.95. The van der Waals surface area contributed by atoms with Crippen molar-refractivity contribution in [2.24, 2.45) is 10.8 Å². The maximum Gasteiger partial charge on any atom is 0.271 e. The SMILES string of the molecule is COc1cc(/C=N/NC(=O)c2ccc(CN)cc2)cc(OC)c1O. The molecule has 2 aromatic carbocycles. The van der Waals surface area contributed by atoms with Crippen molar-refractivity contribution in [3.05, 3.63) is 53.1 Å². The van der Waals surface area contributed by atoms with Crippen LogP contribution in [-0.4, -0.2) is 31.4 Å².